The fourth-order valence-corrected chi connectivity index (χ4v) is 11.3. The predicted octanol–water partition coefficient (Wildman–Crippen LogP) is 18.5. The summed E-state index contributed by atoms with van der Waals surface area (Å²) in [6, 6.07) is -0.803. The molecule has 1 rings (SSSR count). The first-order valence-electron chi connectivity index (χ1n) is 34.6. The van der Waals surface area contributed by atoms with E-state index in [0.29, 0.717) is 6.42 Å². The molecule has 0 aromatic rings. The zero-order chi connectivity index (χ0) is 56.5. The number of aliphatic hydroxyl groups is 5. The van der Waals surface area contributed by atoms with Gasteiger partial charge in [-0.3, -0.25) is 4.79 Å². The van der Waals surface area contributed by atoms with Crippen molar-refractivity contribution in [3.63, 3.8) is 0 Å². The van der Waals surface area contributed by atoms with Crippen molar-refractivity contribution < 1.29 is 39.8 Å². The number of carbonyl (C=O) groups is 1. The molecule has 1 aliphatic rings. The molecule has 7 unspecified atom stereocenters. The van der Waals surface area contributed by atoms with Crippen molar-refractivity contribution in [1.29, 1.82) is 0 Å². The lowest BCUT2D eigenvalue weighted by molar-refractivity contribution is -0.302. The molecule has 9 nitrogen and oxygen atoms in total. The van der Waals surface area contributed by atoms with Crippen LogP contribution in [-0.2, 0) is 14.3 Å². The lowest BCUT2D eigenvalue weighted by Crippen LogP contribution is -2.60. The summed E-state index contributed by atoms with van der Waals surface area (Å²) in [4.78, 5) is 13.1. The fraction of sp³-hybridized carbons (Fsp3) is 0.928. The average molecular weight is 1100 g/mol. The number of allylic oxidation sites excluding steroid dienone is 3. The van der Waals surface area contributed by atoms with E-state index >= 15 is 0 Å². The Morgan fingerprint density at radius 2 is 0.718 bits per heavy atom. The van der Waals surface area contributed by atoms with E-state index in [1.807, 2.05) is 6.08 Å². The fourth-order valence-electron chi connectivity index (χ4n) is 11.3. The monoisotopic (exact) mass is 1100 g/mol. The smallest absolute Gasteiger partial charge is 0.220 e. The summed E-state index contributed by atoms with van der Waals surface area (Å²) in [5.74, 6) is -0.169. The molecule has 462 valence electrons. The molecule has 6 N–H and O–H groups in total. The molecule has 1 saturated heterocycles. The Hall–Kier alpha value is -1.33. The van der Waals surface area contributed by atoms with Crippen LogP contribution in [0.1, 0.15) is 354 Å². The number of rotatable bonds is 61. The first-order chi connectivity index (χ1) is 38.3. The summed E-state index contributed by atoms with van der Waals surface area (Å²) in [5.41, 5.74) is 0. The summed E-state index contributed by atoms with van der Waals surface area (Å²) in [6.45, 7) is 3.84. The number of unbranched alkanes of at least 4 members (excludes halogenated alkanes) is 49. The number of ether oxygens (including phenoxy) is 2. The number of aliphatic hydroxyl groups excluding tert-OH is 5. The van der Waals surface area contributed by atoms with Crippen LogP contribution in [0.3, 0.4) is 0 Å². The molecule has 1 aliphatic heterocycles. The van der Waals surface area contributed by atoms with Gasteiger partial charge in [0, 0.05) is 6.42 Å². The Morgan fingerprint density at radius 3 is 1.04 bits per heavy atom. The third kappa shape index (κ3) is 47.2. The summed E-state index contributed by atoms with van der Waals surface area (Å²) in [6.07, 6.45) is 70.0. The number of hydrogen-bond acceptors (Lipinski definition) is 8. The normalized spacial score (nSPS) is 18.7. The van der Waals surface area contributed by atoms with Crippen LogP contribution in [0.4, 0.5) is 0 Å². The first kappa shape index (κ1) is 74.7. The molecular weight excluding hydrogens is 971 g/mol. The van der Waals surface area contributed by atoms with E-state index in [1.54, 1.807) is 6.08 Å². The minimum atomic E-state index is -1.57. The van der Waals surface area contributed by atoms with Crippen LogP contribution in [0.2, 0.25) is 0 Å². The number of amides is 1. The number of carbonyl (C=O) groups excluding carboxylic acids is 1. The third-order valence-electron chi connectivity index (χ3n) is 16.8. The summed E-state index contributed by atoms with van der Waals surface area (Å²) in [5, 5.41) is 54.7. The van der Waals surface area contributed by atoms with Gasteiger partial charge in [-0.05, 0) is 44.9 Å². The predicted molar refractivity (Wildman–Crippen MR) is 332 cm³/mol. The Bertz CT molecular complexity index is 1280. The van der Waals surface area contributed by atoms with Crippen molar-refractivity contribution in [2.45, 2.75) is 397 Å². The molecule has 0 radical (unpaired) electrons. The average Bonchev–Trinajstić information content (AvgIpc) is 3.45. The SMILES string of the molecule is CCCCCCCCCCCCCC/C=C\CCCCCCCCCCCCCCCCCCCC(=O)NC(COC1OC(CO)C(O)C(O)C1O)C(O)/C=C/CCCCCCCCCCCCCCCCCCCCCC. The van der Waals surface area contributed by atoms with Crippen molar-refractivity contribution in [1.82, 2.24) is 5.32 Å². The highest BCUT2D eigenvalue weighted by Gasteiger charge is 2.44. The van der Waals surface area contributed by atoms with Crippen LogP contribution < -0.4 is 5.32 Å². The second-order valence-corrected chi connectivity index (χ2v) is 24.3. The van der Waals surface area contributed by atoms with Gasteiger partial charge in [0.1, 0.15) is 24.4 Å². The van der Waals surface area contributed by atoms with Gasteiger partial charge in [0.25, 0.3) is 0 Å². The molecule has 1 heterocycles. The number of hydrogen-bond donors (Lipinski definition) is 6. The van der Waals surface area contributed by atoms with Crippen molar-refractivity contribution in [3.05, 3.63) is 24.3 Å². The maximum Gasteiger partial charge on any atom is 0.220 e. The van der Waals surface area contributed by atoms with Crippen LogP contribution in [0.15, 0.2) is 24.3 Å². The molecule has 0 aromatic carbocycles. The van der Waals surface area contributed by atoms with Crippen molar-refractivity contribution in [2.75, 3.05) is 13.2 Å². The van der Waals surface area contributed by atoms with Gasteiger partial charge in [-0.15, -0.1) is 0 Å². The van der Waals surface area contributed by atoms with E-state index < -0.39 is 49.5 Å². The molecule has 0 saturated carbocycles. The molecule has 9 heteroatoms. The zero-order valence-corrected chi connectivity index (χ0v) is 51.7. The largest absolute Gasteiger partial charge is 0.394 e. The third-order valence-corrected chi connectivity index (χ3v) is 16.8. The number of nitrogens with one attached hydrogen (secondary N) is 1. The highest BCUT2D eigenvalue weighted by atomic mass is 16.7. The summed E-state index contributed by atoms with van der Waals surface area (Å²) < 4.78 is 11.3. The van der Waals surface area contributed by atoms with Gasteiger partial charge in [0.15, 0.2) is 6.29 Å². The highest BCUT2D eigenvalue weighted by molar-refractivity contribution is 5.76. The Balaban J connectivity index is 2.11. The molecule has 0 aliphatic carbocycles. The molecule has 0 aromatic heterocycles. The van der Waals surface area contributed by atoms with Crippen LogP contribution in [-0.4, -0.2) is 87.5 Å². The zero-order valence-electron chi connectivity index (χ0n) is 51.7. The molecule has 1 fully saturated rings. The van der Waals surface area contributed by atoms with E-state index in [0.717, 1.165) is 38.5 Å². The van der Waals surface area contributed by atoms with Crippen molar-refractivity contribution in [2.24, 2.45) is 0 Å². The van der Waals surface area contributed by atoms with Crippen LogP contribution >= 0.6 is 0 Å². The Kier molecular flexibility index (Phi) is 56.3. The minimum absolute atomic E-state index is 0.169. The Labute approximate surface area is 483 Å². The van der Waals surface area contributed by atoms with Gasteiger partial charge >= 0.3 is 0 Å². The molecule has 0 spiro atoms. The molecule has 1 amide bonds. The second kappa shape index (κ2) is 58.9. The maximum absolute atomic E-state index is 13.1. The minimum Gasteiger partial charge on any atom is -0.394 e. The lowest BCUT2D eigenvalue weighted by Gasteiger charge is -2.40. The lowest BCUT2D eigenvalue weighted by atomic mass is 9.99. The van der Waals surface area contributed by atoms with Crippen LogP contribution in [0, 0.1) is 0 Å². The van der Waals surface area contributed by atoms with E-state index in [-0.39, 0.29) is 12.5 Å². The Morgan fingerprint density at radius 1 is 0.423 bits per heavy atom. The van der Waals surface area contributed by atoms with E-state index in [4.69, 9.17) is 9.47 Å². The van der Waals surface area contributed by atoms with Gasteiger partial charge in [-0.25, -0.2) is 0 Å². The molecule has 7 atom stereocenters. The standard InChI is InChI=1S/C69H133NO8/c1-3-5-7-9-11-13-15-17-19-21-23-25-27-28-29-30-31-32-33-34-35-36-37-39-41-43-45-47-49-51-53-55-57-59-65(73)70-62(61-77-69-68(76)67(75)66(74)64(60-71)78-69)63(72)58-56-54-52-50-48-46-44-42-40-38-26-24-22-20-18-16-14-12-10-8-6-4-2/h28-29,56,58,62-64,66-69,71-72,74-76H,3-27,30-55,57,59-61H2,1-2H3,(H,70,73)/b29-28-,58-56+. The van der Waals surface area contributed by atoms with Gasteiger partial charge in [-0.1, -0.05) is 327 Å². The highest BCUT2D eigenvalue weighted by Crippen LogP contribution is 2.23. The van der Waals surface area contributed by atoms with Gasteiger partial charge in [0.05, 0.1) is 25.4 Å². The van der Waals surface area contributed by atoms with E-state index in [2.05, 4.69) is 31.3 Å². The quantitative estimate of drug-likeness (QED) is 0.0261. The second-order valence-electron chi connectivity index (χ2n) is 24.3. The van der Waals surface area contributed by atoms with Crippen molar-refractivity contribution >= 4 is 5.91 Å². The summed E-state index contributed by atoms with van der Waals surface area (Å²) >= 11 is 0. The van der Waals surface area contributed by atoms with E-state index in [9.17, 15) is 30.3 Å². The van der Waals surface area contributed by atoms with Gasteiger partial charge < -0.3 is 40.3 Å². The maximum atomic E-state index is 13.1. The van der Waals surface area contributed by atoms with Gasteiger partial charge in [-0.2, -0.15) is 0 Å². The topological polar surface area (TPSA) is 149 Å². The van der Waals surface area contributed by atoms with Gasteiger partial charge in [0.2, 0.25) is 5.91 Å². The first-order valence-corrected chi connectivity index (χ1v) is 34.6. The van der Waals surface area contributed by atoms with Crippen LogP contribution in [0.25, 0.3) is 0 Å². The van der Waals surface area contributed by atoms with Crippen molar-refractivity contribution in [3.8, 4) is 0 Å². The summed E-state index contributed by atoms with van der Waals surface area (Å²) in [7, 11) is 0. The molecule has 0 bridgehead atoms. The molecule has 78 heavy (non-hydrogen) atoms. The van der Waals surface area contributed by atoms with E-state index in [1.165, 1.54) is 295 Å². The van der Waals surface area contributed by atoms with Crippen LogP contribution in [0.5, 0.6) is 0 Å². The molecular formula is C69H133NO8.